The molecule has 2 aromatic rings. The molecular formula is C16H17ClFNO. The van der Waals surface area contributed by atoms with Crippen LogP contribution in [0.25, 0.3) is 0 Å². The number of hydrogen-bond donors (Lipinski definition) is 1. The number of rotatable bonds is 6. The second-order valence-electron chi connectivity index (χ2n) is 4.56. The van der Waals surface area contributed by atoms with Gasteiger partial charge in [-0.1, -0.05) is 23.7 Å². The third kappa shape index (κ3) is 4.51. The Hall–Kier alpha value is -1.58. The van der Waals surface area contributed by atoms with E-state index in [1.54, 1.807) is 13.2 Å². The van der Waals surface area contributed by atoms with Gasteiger partial charge in [-0.25, -0.2) is 4.39 Å². The van der Waals surface area contributed by atoms with Gasteiger partial charge in [-0.15, -0.1) is 0 Å². The topological polar surface area (TPSA) is 21.3 Å². The maximum Gasteiger partial charge on any atom is 0.125 e. The van der Waals surface area contributed by atoms with Gasteiger partial charge in [0, 0.05) is 11.6 Å². The number of methoxy groups -OCH3 is 1. The van der Waals surface area contributed by atoms with Crippen molar-refractivity contribution in [3.63, 3.8) is 0 Å². The van der Waals surface area contributed by atoms with Crippen LogP contribution in [0.15, 0.2) is 42.5 Å². The van der Waals surface area contributed by atoms with Gasteiger partial charge in [0.2, 0.25) is 0 Å². The zero-order chi connectivity index (χ0) is 14.4. The minimum absolute atomic E-state index is 0.304. The molecule has 0 spiro atoms. The Kier molecular flexibility index (Phi) is 5.39. The lowest BCUT2D eigenvalue weighted by molar-refractivity contribution is 0.414. The molecule has 0 aliphatic heterocycles. The average molecular weight is 294 g/mol. The van der Waals surface area contributed by atoms with Crippen LogP contribution < -0.4 is 10.1 Å². The maximum atomic E-state index is 13.2. The molecule has 0 aromatic heterocycles. The van der Waals surface area contributed by atoms with E-state index in [1.807, 2.05) is 18.2 Å². The largest absolute Gasteiger partial charge is 0.497 e. The van der Waals surface area contributed by atoms with E-state index in [0.29, 0.717) is 11.6 Å². The number of halogens is 2. The zero-order valence-corrected chi connectivity index (χ0v) is 12.1. The number of nitrogens with one attached hydrogen (secondary N) is 1. The smallest absolute Gasteiger partial charge is 0.125 e. The summed E-state index contributed by atoms with van der Waals surface area (Å²) in [7, 11) is 1.66. The van der Waals surface area contributed by atoms with Crippen LogP contribution in [0.5, 0.6) is 5.75 Å². The summed E-state index contributed by atoms with van der Waals surface area (Å²) in [6.45, 7) is 1.41. The Bertz CT molecular complexity index is 554. The number of benzene rings is 2. The van der Waals surface area contributed by atoms with E-state index in [-0.39, 0.29) is 5.82 Å². The van der Waals surface area contributed by atoms with E-state index >= 15 is 0 Å². The first-order valence-electron chi connectivity index (χ1n) is 6.46. The highest BCUT2D eigenvalue weighted by Gasteiger charge is 2.00. The monoisotopic (exact) mass is 293 g/mol. The van der Waals surface area contributed by atoms with Crippen LogP contribution in [-0.2, 0) is 13.0 Å². The van der Waals surface area contributed by atoms with Crippen LogP contribution in [0.1, 0.15) is 11.1 Å². The fourth-order valence-corrected chi connectivity index (χ4v) is 2.25. The Labute approximate surface area is 123 Å². The fourth-order valence-electron chi connectivity index (χ4n) is 2.01. The molecule has 4 heteroatoms. The van der Waals surface area contributed by atoms with Crippen molar-refractivity contribution in [2.24, 2.45) is 0 Å². The summed E-state index contributed by atoms with van der Waals surface area (Å²) in [5.41, 5.74) is 2.05. The van der Waals surface area contributed by atoms with E-state index in [0.717, 1.165) is 24.3 Å². The molecule has 2 rings (SSSR count). The first-order chi connectivity index (χ1) is 9.67. The third-order valence-electron chi connectivity index (χ3n) is 2.98. The molecule has 2 aromatic carbocycles. The van der Waals surface area contributed by atoms with Crippen molar-refractivity contribution in [2.45, 2.75) is 13.0 Å². The SMILES string of the molecule is COc1cccc(CCNCc2cc(F)cc(Cl)c2)c1. The summed E-state index contributed by atoms with van der Waals surface area (Å²) < 4.78 is 18.3. The predicted octanol–water partition coefficient (Wildman–Crippen LogP) is 3.82. The average Bonchev–Trinajstić information content (AvgIpc) is 2.43. The highest BCUT2D eigenvalue weighted by Crippen LogP contribution is 2.14. The lowest BCUT2D eigenvalue weighted by Crippen LogP contribution is -2.16. The van der Waals surface area contributed by atoms with Crippen molar-refractivity contribution >= 4 is 11.6 Å². The first kappa shape index (κ1) is 14.8. The highest BCUT2D eigenvalue weighted by molar-refractivity contribution is 6.30. The molecule has 0 radical (unpaired) electrons. The van der Waals surface area contributed by atoms with Crippen molar-refractivity contribution in [3.05, 3.63) is 64.4 Å². The molecule has 0 unspecified atom stereocenters. The molecule has 1 N–H and O–H groups in total. The quantitative estimate of drug-likeness (QED) is 0.818. The maximum absolute atomic E-state index is 13.2. The fraction of sp³-hybridized carbons (Fsp3) is 0.250. The van der Waals surface area contributed by atoms with Crippen molar-refractivity contribution in [1.82, 2.24) is 5.32 Å². The molecule has 2 nitrogen and oxygen atoms in total. The van der Waals surface area contributed by atoms with E-state index in [4.69, 9.17) is 16.3 Å². The number of ether oxygens (including phenoxy) is 1. The zero-order valence-electron chi connectivity index (χ0n) is 11.3. The van der Waals surface area contributed by atoms with Gasteiger partial charge in [-0.2, -0.15) is 0 Å². The summed E-state index contributed by atoms with van der Waals surface area (Å²) in [4.78, 5) is 0. The second-order valence-corrected chi connectivity index (χ2v) is 4.99. The van der Waals surface area contributed by atoms with Crippen molar-refractivity contribution in [1.29, 1.82) is 0 Å². The summed E-state index contributed by atoms with van der Waals surface area (Å²) in [5, 5.41) is 3.70. The van der Waals surface area contributed by atoms with Crippen molar-refractivity contribution in [2.75, 3.05) is 13.7 Å². The van der Waals surface area contributed by atoms with Crippen LogP contribution >= 0.6 is 11.6 Å². The van der Waals surface area contributed by atoms with Gasteiger partial charge in [0.05, 0.1) is 7.11 Å². The third-order valence-corrected chi connectivity index (χ3v) is 3.19. The lowest BCUT2D eigenvalue weighted by Gasteiger charge is -2.07. The van der Waals surface area contributed by atoms with Crippen molar-refractivity contribution < 1.29 is 9.13 Å². The Morgan fingerprint density at radius 2 is 2.00 bits per heavy atom. The molecule has 0 fully saturated rings. The van der Waals surface area contributed by atoms with Gasteiger partial charge in [0.25, 0.3) is 0 Å². The minimum Gasteiger partial charge on any atom is -0.497 e. The summed E-state index contributed by atoms with van der Waals surface area (Å²) in [6.07, 6.45) is 0.889. The van der Waals surface area contributed by atoms with Crippen molar-refractivity contribution in [3.8, 4) is 5.75 Å². The molecule has 0 atom stereocenters. The van der Waals surface area contributed by atoms with Gasteiger partial charge in [-0.3, -0.25) is 0 Å². The van der Waals surface area contributed by atoms with Gasteiger partial charge in [-0.05, 0) is 54.4 Å². The Morgan fingerprint density at radius 3 is 2.75 bits per heavy atom. The molecule has 0 bridgehead atoms. The van der Waals surface area contributed by atoms with E-state index in [9.17, 15) is 4.39 Å². The predicted molar refractivity (Wildman–Crippen MR) is 79.8 cm³/mol. The lowest BCUT2D eigenvalue weighted by atomic mass is 10.1. The number of hydrogen-bond acceptors (Lipinski definition) is 2. The molecule has 0 saturated heterocycles. The Balaban J connectivity index is 1.81. The van der Waals surface area contributed by atoms with Crippen LogP contribution in [0.3, 0.4) is 0 Å². The van der Waals surface area contributed by atoms with Crippen LogP contribution in [0, 0.1) is 5.82 Å². The molecule has 0 aliphatic rings. The standard InChI is InChI=1S/C16H17ClFNO/c1-20-16-4-2-3-12(9-16)5-6-19-11-13-7-14(17)10-15(18)8-13/h2-4,7-10,19H,5-6,11H2,1H3. The normalized spacial score (nSPS) is 10.6. The van der Waals surface area contributed by atoms with Gasteiger partial charge >= 0.3 is 0 Å². The summed E-state index contributed by atoms with van der Waals surface area (Å²) in [6, 6.07) is 12.5. The second kappa shape index (κ2) is 7.27. The van der Waals surface area contributed by atoms with E-state index in [1.165, 1.54) is 17.7 Å². The van der Waals surface area contributed by atoms with E-state index < -0.39 is 0 Å². The molecule has 0 amide bonds. The minimum atomic E-state index is -0.304. The molecular weight excluding hydrogens is 277 g/mol. The first-order valence-corrected chi connectivity index (χ1v) is 6.84. The summed E-state index contributed by atoms with van der Waals surface area (Å²) in [5.74, 6) is 0.557. The molecule has 20 heavy (non-hydrogen) atoms. The van der Waals surface area contributed by atoms with Crippen LogP contribution in [0.4, 0.5) is 4.39 Å². The van der Waals surface area contributed by atoms with Gasteiger partial charge in [0.1, 0.15) is 11.6 Å². The molecule has 106 valence electrons. The van der Waals surface area contributed by atoms with Gasteiger partial charge < -0.3 is 10.1 Å². The van der Waals surface area contributed by atoms with Crippen LogP contribution in [-0.4, -0.2) is 13.7 Å². The Morgan fingerprint density at radius 1 is 1.15 bits per heavy atom. The summed E-state index contributed by atoms with van der Waals surface area (Å²) >= 11 is 5.81. The van der Waals surface area contributed by atoms with Gasteiger partial charge in [0.15, 0.2) is 0 Å². The molecule has 0 saturated carbocycles. The highest BCUT2D eigenvalue weighted by atomic mass is 35.5. The van der Waals surface area contributed by atoms with Crippen LogP contribution in [0.2, 0.25) is 5.02 Å². The molecule has 0 heterocycles. The van der Waals surface area contributed by atoms with E-state index in [2.05, 4.69) is 11.4 Å². The molecule has 0 aliphatic carbocycles.